The third kappa shape index (κ3) is 12.3. The van der Waals surface area contributed by atoms with Crippen LogP contribution in [0.1, 0.15) is 5.56 Å². The predicted molar refractivity (Wildman–Crippen MR) is 127 cm³/mol. The third-order valence-corrected chi connectivity index (χ3v) is 7.63. The molecule has 1 aromatic rings. The zero-order chi connectivity index (χ0) is 23.5. The summed E-state index contributed by atoms with van der Waals surface area (Å²) < 4.78 is 22.6. The highest BCUT2D eigenvalue weighted by molar-refractivity contribution is 6.76. The van der Waals surface area contributed by atoms with Gasteiger partial charge in [0.1, 0.15) is 11.6 Å². The molecule has 0 aromatic heterocycles. The van der Waals surface area contributed by atoms with Crippen LogP contribution in [-0.4, -0.2) is 54.0 Å². The molecule has 0 atom stereocenters. The lowest BCUT2D eigenvalue weighted by molar-refractivity contribution is -0.132. The molecule has 0 unspecified atom stereocenters. The van der Waals surface area contributed by atoms with Gasteiger partial charge in [-0.1, -0.05) is 45.3 Å². The van der Waals surface area contributed by atoms with Gasteiger partial charge >= 0.3 is 5.97 Å². The Morgan fingerprint density at radius 2 is 1.48 bits per heavy atom. The largest absolute Gasteiger partial charge is 0.477 e. The van der Waals surface area contributed by atoms with Crippen molar-refractivity contribution in [1.82, 2.24) is 0 Å². The average molecular weight is 466 g/mol. The highest BCUT2D eigenvalue weighted by atomic mass is 28.3. The highest BCUT2D eigenvalue weighted by Gasteiger charge is 2.14. The van der Waals surface area contributed by atoms with Crippen molar-refractivity contribution in [2.24, 2.45) is 0 Å². The number of benzene rings is 1. The molecular formula is C22H35NO6Si2. The maximum atomic E-state index is 11.1. The van der Waals surface area contributed by atoms with E-state index in [0.29, 0.717) is 30.3 Å². The molecular weight excluding hydrogens is 430 g/mol. The van der Waals surface area contributed by atoms with E-state index in [-0.39, 0.29) is 19.2 Å². The Kier molecular flexibility index (Phi) is 11.0. The van der Waals surface area contributed by atoms with Gasteiger partial charge in [-0.3, -0.25) is 0 Å². The lowest BCUT2D eigenvalue weighted by atomic mass is 10.1. The third-order valence-electron chi connectivity index (χ3n) is 4.22. The van der Waals surface area contributed by atoms with Crippen LogP contribution in [0, 0.1) is 11.3 Å². The Hall–Kier alpha value is -2.13. The van der Waals surface area contributed by atoms with Crippen molar-refractivity contribution < 1.29 is 28.8 Å². The average Bonchev–Trinajstić information content (AvgIpc) is 2.64. The van der Waals surface area contributed by atoms with Crippen molar-refractivity contribution >= 4 is 28.2 Å². The number of ether oxygens (including phenoxy) is 4. The molecule has 0 spiro atoms. The summed E-state index contributed by atoms with van der Waals surface area (Å²) in [4.78, 5) is 11.1. The topological polar surface area (TPSA) is 98.0 Å². The number of carbonyl (C=O) groups is 1. The van der Waals surface area contributed by atoms with Gasteiger partial charge in [-0.2, -0.15) is 5.26 Å². The standard InChI is InChI=1S/C22H35NO6Si2/c1-30(2,3)11-9-26-16-28-20-8-7-18(13-19(15-23)22(24)25)14-21(20)29-17-27-10-12-31(4,5)6/h7-8,13-14H,9-12,16-17H2,1-6H3,(H,24,25)/b19-13+. The van der Waals surface area contributed by atoms with Crippen molar-refractivity contribution in [3.63, 3.8) is 0 Å². The summed E-state index contributed by atoms with van der Waals surface area (Å²) >= 11 is 0. The molecule has 7 nitrogen and oxygen atoms in total. The molecule has 1 N–H and O–H groups in total. The van der Waals surface area contributed by atoms with Crippen molar-refractivity contribution in [2.75, 3.05) is 26.8 Å². The second-order valence-electron chi connectivity index (χ2n) is 9.64. The quantitative estimate of drug-likeness (QED) is 0.135. The zero-order valence-corrected chi connectivity index (χ0v) is 21.5. The fourth-order valence-electron chi connectivity index (χ4n) is 2.24. The van der Waals surface area contributed by atoms with Crippen molar-refractivity contribution in [2.45, 2.75) is 51.4 Å². The SMILES string of the molecule is C[Si](C)(C)CCOCOc1ccc(/C=C(\C#N)C(=O)O)cc1OCOCC[Si](C)(C)C. The molecule has 0 aliphatic rings. The first-order chi connectivity index (χ1) is 14.4. The van der Waals surface area contributed by atoms with Crippen LogP contribution >= 0.6 is 0 Å². The van der Waals surface area contributed by atoms with E-state index < -0.39 is 22.1 Å². The van der Waals surface area contributed by atoms with Crippen molar-refractivity contribution in [1.29, 1.82) is 5.26 Å². The van der Waals surface area contributed by atoms with Gasteiger partial charge in [0, 0.05) is 29.4 Å². The number of aliphatic carboxylic acids is 1. The Balaban J connectivity index is 2.81. The summed E-state index contributed by atoms with van der Waals surface area (Å²) in [6, 6.07) is 8.69. The van der Waals surface area contributed by atoms with E-state index in [2.05, 4.69) is 39.3 Å². The molecule has 0 saturated carbocycles. The lowest BCUT2D eigenvalue weighted by Crippen LogP contribution is -2.22. The van der Waals surface area contributed by atoms with Crippen molar-refractivity contribution in [3.8, 4) is 17.6 Å². The van der Waals surface area contributed by atoms with Gasteiger partial charge in [0.25, 0.3) is 0 Å². The Morgan fingerprint density at radius 1 is 0.968 bits per heavy atom. The summed E-state index contributed by atoms with van der Waals surface area (Å²) in [5.41, 5.74) is 0.156. The molecule has 0 aliphatic heterocycles. The summed E-state index contributed by atoms with van der Waals surface area (Å²) in [6.45, 7) is 15.1. The highest BCUT2D eigenvalue weighted by Crippen LogP contribution is 2.29. The fraction of sp³-hybridized carbons (Fsp3) is 0.545. The van der Waals surface area contributed by atoms with Gasteiger partial charge in [0.05, 0.1) is 0 Å². The van der Waals surface area contributed by atoms with E-state index in [1.807, 2.05) is 0 Å². The van der Waals surface area contributed by atoms with Crippen LogP contribution in [0.25, 0.3) is 6.08 Å². The van der Waals surface area contributed by atoms with E-state index in [1.54, 1.807) is 24.3 Å². The Morgan fingerprint density at radius 3 is 1.94 bits per heavy atom. The van der Waals surface area contributed by atoms with Crippen LogP contribution in [0.5, 0.6) is 11.5 Å². The molecule has 0 heterocycles. The van der Waals surface area contributed by atoms with E-state index >= 15 is 0 Å². The number of carboxylic acid groups (broad SMARTS) is 1. The number of rotatable bonds is 14. The first-order valence-corrected chi connectivity index (χ1v) is 17.7. The second kappa shape index (κ2) is 12.7. The minimum Gasteiger partial charge on any atom is -0.477 e. The maximum absolute atomic E-state index is 11.1. The smallest absolute Gasteiger partial charge is 0.346 e. The minimum atomic E-state index is -1.28. The van der Waals surface area contributed by atoms with Crippen LogP contribution < -0.4 is 9.47 Å². The molecule has 0 saturated heterocycles. The van der Waals surface area contributed by atoms with Crippen LogP contribution in [0.15, 0.2) is 23.8 Å². The Labute approximate surface area is 187 Å². The van der Waals surface area contributed by atoms with Gasteiger partial charge in [-0.25, -0.2) is 4.79 Å². The van der Waals surface area contributed by atoms with Crippen molar-refractivity contribution in [3.05, 3.63) is 29.3 Å². The monoisotopic (exact) mass is 465 g/mol. The fourth-order valence-corrected chi connectivity index (χ4v) is 3.75. The predicted octanol–water partition coefficient (Wildman–Crippen LogP) is 5.06. The van der Waals surface area contributed by atoms with Gasteiger partial charge in [0.2, 0.25) is 0 Å². The summed E-state index contributed by atoms with van der Waals surface area (Å²) in [5, 5.41) is 18.1. The minimum absolute atomic E-state index is 0.0501. The van der Waals surface area contributed by atoms with Gasteiger partial charge in [0.15, 0.2) is 25.1 Å². The first-order valence-electron chi connectivity index (χ1n) is 10.3. The molecule has 0 fully saturated rings. The van der Waals surface area contributed by atoms with Crippen LogP contribution in [0.3, 0.4) is 0 Å². The molecule has 1 rings (SSSR count). The molecule has 172 valence electrons. The molecule has 0 bridgehead atoms. The molecule has 0 radical (unpaired) electrons. The zero-order valence-electron chi connectivity index (χ0n) is 19.5. The van der Waals surface area contributed by atoms with E-state index in [4.69, 9.17) is 29.3 Å². The van der Waals surface area contributed by atoms with Crippen LogP contribution in [0.2, 0.25) is 51.4 Å². The number of nitriles is 1. The normalized spacial score (nSPS) is 12.4. The van der Waals surface area contributed by atoms with Gasteiger partial charge in [-0.15, -0.1) is 0 Å². The number of carboxylic acids is 1. The summed E-state index contributed by atoms with van der Waals surface area (Å²) in [6.07, 6.45) is 1.29. The molecule has 9 heteroatoms. The van der Waals surface area contributed by atoms with E-state index in [0.717, 1.165) is 12.1 Å². The van der Waals surface area contributed by atoms with E-state index in [1.165, 1.54) is 6.08 Å². The number of hydrogen-bond donors (Lipinski definition) is 1. The molecule has 1 aromatic carbocycles. The number of nitrogens with zero attached hydrogens (tertiary/aromatic N) is 1. The van der Waals surface area contributed by atoms with Gasteiger partial charge < -0.3 is 24.1 Å². The Bertz CT molecular complexity index is 791. The molecule has 0 aliphatic carbocycles. The van der Waals surface area contributed by atoms with Gasteiger partial charge in [-0.05, 0) is 35.9 Å². The summed E-state index contributed by atoms with van der Waals surface area (Å²) in [7, 11) is -2.36. The van der Waals surface area contributed by atoms with Crippen LogP contribution in [0.4, 0.5) is 0 Å². The second-order valence-corrected chi connectivity index (χ2v) is 20.9. The maximum Gasteiger partial charge on any atom is 0.346 e. The molecule has 31 heavy (non-hydrogen) atoms. The summed E-state index contributed by atoms with van der Waals surface area (Å²) in [5.74, 6) is -0.415. The van der Waals surface area contributed by atoms with E-state index in [9.17, 15) is 4.79 Å². The molecule has 0 amide bonds. The number of hydrogen-bond acceptors (Lipinski definition) is 6. The lowest BCUT2D eigenvalue weighted by Gasteiger charge is -2.17. The van der Waals surface area contributed by atoms with Crippen LogP contribution in [-0.2, 0) is 14.3 Å². The first kappa shape index (κ1) is 26.9.